The number of hydrogen-bond donors (Lipinski definition) is 1. The van der Waals surface area contributed by atoms with E-state index in [9.17, 15) is 20.2 Å². The number of nitriles is 3. The Hall–Kier alpha value is -3.73. The molecule has 7 heteroatoms. The molecule has 1 N–H and O–H groups in total. The summed E-state index contributed by atoms with van der Waals surface area (Å²) in [6, 6.07) is 18.9. The van der Waals surface area contributed by atoms with Crippen LogP contribution in [0.25, 0.3) is 0 Å². The predicted octanol–water partition coefficient (Wildman–Crippen LogP) is 5.06. The number of benzene rings is 2. The number of fused-ring (bicyclic) bond motifs is 2. The molecule has 2 fully saturated rings. The van der Waals surface area contributed by atoms with Gasteiger partial charge in [-0.2, -0.15) is 15.8 Å². The van der Waals surface area contributed by atoms with E-state index in [0.717, 1.165) is 5.56 Å². The summed E-state index contributed by atoms with van der Waals surface area (Å²) in [6.07, 6.45) is -1.18. The zero-order chi connectivity index (χ0) is 23.3. The molecule has 4 atom stereocenters. The summed E-state index contributed by atoms with van der Waals surface area (Å²) >= 11 is 0. The van der Waals surface area contributed by atoms with E-state index in [4.69, 9.17) is 14.9 Å². The fourth-order valence-corrected chi connectivity index (χ4v) is 4.91. The summed E-state index contributed by atoms with van der Waals surface area (Å²) in [7, 11) is 0. The highest BCUT2D eigenvalue weighted by atomic mass is 19.1. The molecule has 0 aromatic heterocycles. The van der Waals surface area contributed by atoms with Gasteiger partial charge in [0.25, 0.3) is 0 Å². The molecule has 2 bridgehead atoms. The van der Waals surface area contributed by atoms with E-state index in [0.29, 0.717) is 11.1 Å². The molecule has 160 valence electrons. The Morgan fingerprint density at radius 2 is 1.56 bits per heavy atom. The Morgan fingerprint density at radius 1 is 0.969 bits per heavy atom. The number of rotatable bonds is 3. The van der Waals surface area contributed by atoms with Crippen LogP contribution in [-0.2, 0) is 15.3 Å². The van der Waals surface area contributed by atoms with Crippen molar-refractivity contribution in [2.24, 2.45) is 16.7 Å². The van der Waals surface area contributed by atoms with Crippen molar-refractivity contribution in [2.75, 3.05) is 0 Å². The van der Waals surface area contributed by atoms with Crippen molar-refractivity contribution >= 4 is 5.90 Å². The van der Waals surface area contributed by atoms with Crippen LogP contribution in [0.3, 0.4) is 0 Å². The van der Waals surface area contributed by atoms with Crippen molar-refractivity contribution in [1.29, 1.82) is 21.2 Å². The lowest BCUT2D eigenvalue weighted by Crippen LogP contribution is -2.57. The Morgan fingerprint density at radius 3 is 2.06 bits per heavy atom. The van der Waals surface area contributed by atoms with Gasteiger partial charge in [-0.05, 0) is 41.3 Å². The third-order valence-corrected chi connectivity index (χ3v) is 6.82. The number of hydrogen-bond acceptors (Lipinski definition) is 6. The summed E-state index contributed by atoms with van der Waals surface area (Å²) in [5, 5.41) is 39.4. The zero-order valence-corrected chi connectivity index (χ0v) is 17.9. The molecule has 2 aliphatic heterocycles. The van der Waals surface area contributed by atoms with E-state index in [1.807, 2.05) is 38.1 Å². The van der Waals surface area contributed by atoms with E-state index < -0.39 is 40.4 Å². The predicted molar refractivity (Wildman–Crippen MR) is 112 cm³/mol. The highest BCUT2D eigenvalue weighted by molar-refractivity contribution is 5.89. The Kier molecular flexibility index (Phi) is 4.81. The van der Waals surface area contributed by atoms with Gasteiger partial charge in [0.2, 0.25) is 17.1 Å². The van der Waals surface area contributed by atoms with Crippen LogP contribution in [0.15, 0.2) is 48.5 Å². The number of halogens is 1. The molecule has 0 saturated carbocycles. The average molecular weight is 428 g/mol. The van der Waals surface area contributed by atoms with E-state index in [2.05, 4.69) is 6.07 Å². The van der Waals surface area contributed by atoms with Gasteiger partial charge in [0.05, 0.1) is 24.1 Å². The molecule has 0 aliphatic carbocycles. The minimum absolute atomic E-state index is 0.275. The standard InChI is InChI=1S/C25H21FN4O2/c1-15(2)17-4-6-18(7-5-17)21-23(12-27,13-28)24(14-29)16(3)25(31-21,32-22(24)30)19-8-10-20(26)11-9-19/h4-11,15-16,21,30H,1-3H3. The largest absolute Gasteiger partial charge is 0.443 e. The molecule has 0 amide bonds. The highest BCUT2D eigenvalue weighted by Gasteiger charge is 2.79. The number of nitrogens with one attached hydrogen (secondary N) is 1. The Labute approximate surface area is 185 Å². The molecule has 32 heavy (non-hydrogen) atoms. The highest BCUT2D eigenvalue weighted by Crippen LogP contribution is 2.68. The lowest BCUT2D eigenvalue weighted by Gasteiger charge is -2.48. The minimum Gasteiger partial charge on any atom is -0.443 e. The fourth-order valence-electron chi connectivity index (χ4n) is 4.91. The van der Waals surface area contributed by atoms with Crippen molar-refractivity contribution in [3.63, 3.8) is 0 Å². The molecule has 2 aromatic rings. The third-order valence-electron chi connectivity index (χ3n) is 6.82. The quantitative estimate of drug-likeness (QED) is 0.734. The van der Waals surface area contributed by atoms with Gasteiger partial charge < -0.3 is 9.47 Å². The summed E-state index contributed by atoms with van der Waals surface area (Å²) in [5.74, 6) is -3.20. The SMILES string of the molecule is CC(C)c1ccc(C2OC3(c4ccc(F)cc4)OC(=N)C(C#N)(C3C)C2(C#N)C#N)cc1. The first-order valence-electron chi connectivity index (χ1n) is 10.3. The van der Waals surface area contributed by atoms with Crippen LogP contribution in [0.1, 0.15) is 49.5 Å². The monoisotopic (exact) mass is 428 g/mol. The molecule has 2 heterocycles. The maximum Gasteiger partial charge on any atom is 0.244 e. The summed E-state index contributed by atoms with van der Waals surface area (Å²) in [4.78, 5) is 0. The Bertz CT molecular complexity index is 1190. The summed E-state index contributed by atoms with van der Waals surface area (Å²) in [5.41, 5.74) is -1.93. The van der Waals surface area contributed by atoms with Crippen LogP contribution < -0.4 is 0 Å². The molecule has 4 rings (SSSR count). The van der Waals surface area contributed by atoms with Crippen molar-refractivity contribution < 1.29 is 13.9 Å². The molecule has 6 nitrogen and oxygen atoms in total. The maximum atomic E-state index is 13.6. The molecule has 2 aliphatic rings. The van der Waals surface area contributed by atoms with E-state index in [-0.39, 0.29) is 5.92 Å². The van der Waals surface area contributed by atoms with Gasteiger partial charge in [-0.15, -0.1) is 0 Å². The maximum absolute atomic E-state index is 13.6. The van der Waals surface area contributed by atoms with Crippen LogP contribution in [0.5, 0.6) is 0 Å². The lowest BCUT2D eigenvalue weighted by molar-refractivity contribution is -0.288. The van der Waals surface area contributed by atoms with Gasteiger partial charge >= 0.3 is 0 Å². The van der Waals surface area contributed by atoms with Crippen molar-refractivity contribution in [1.82, 2.24) is 0 Å². The van der Waals surface area contributed by atoms with E-state index >= 15 is 0 Å². The molecule has 0 radical (unpaired) electrons. The minimum atomic E-state index is -2.03. The molecule has 4 unspecified atom stereocenters. The van der Waals surface area contributed by atoms with Gasteiger partial charge in [0.1, 0.15) is 11.9 Å². The second-order valence-corrected chi connectivity index (χ2v) is 8.60. The second kappa shape index (κ2) is 7.16. The zero-order valence-electron chi connectivity index (χ0n) is 17.9. The van der Waals surface area contributed by atoms with Gasteiger partial charge in [-0.3, -0.25) is 5.41 Å². The third kappa shape index (κ3) is 2.48. The first kappa shape index (κ1) is 21.5. The summed E-state index contributed by atoms with van der Waals surface area (Å²) in [6.45, 7) is 5.72. The van der Waals surface area contributed by atoms with Crippen molar-refractivity contribution in [3.8, 4) is 18.2 Å². The number of ether oxygens (including phenoxy) is 2. The molecular formula is C25H21FN4O2. The topological polar surface area (TPSA) is 114 Å². The van der Waals surface area contributed by atoms with Crippen LogP contribution >= 0.6 is 0 Å². The van der Waals surface area contributed by atoms with E-state index in [1.165, 1.54) is 24.3 Å². The Balaban J connectivity index is 1.99. The van der Waals surface area contributed by atoms with Gasteiger partial charge in [0.15, 0.2) is 5.41 Å². The van der Waals surface area contributed by atoms with Crippen LogP contribution in [0.2, 0.25) is 0 Å². The van der Waals surface area contributed by atoms with Gasteiger partial charge in [0, 0.05) is 5.56 Å². The molecule has 2 aromatic carbocycles. The van der Waals surface area contributed by atoms with Crippen molar-refractivity contribution in [3.05, 3.63) is 71.0 Å². The van der Waals surface area contributed by atoms with Crippen LogP contribution in [0, 0.1) is 62.0 Å². The first-order valence-corrected chi connectivity index (χ1v) is 10.3. The number of nitrogens with zero attached hydrogens (tertiary/aromatic N) is 3. The van der Waals surface area contributed by atoms with Crippen molar-refractivity contribution in [2.45, 2.75) is 38.6 Å². The average Bonchev–Trinajstić information content (AvgIpc) is 2.96. The molecule has 2 saturated heterocycles. The normalized spacial score (nSPS) is 30.1. The van der Waals surface area contributed by atoms with Gasteiger partial charge in [-0.25, -0.2) is 4.39 Å². The second-order valence-electron chi connectivity index (χ2n) is 8.60. The lowest BCUT2D eigenvalue weighted by atomic mass is 9.53. The van der Waals surface area contributed by atoms with Gasteiger partial charge in [-0.1, -0.05) is 45.0 Å². The molecule has 0 spiro atoms. The van der Waals surface area contributed by atoms with Crippen LogP contribution in [-0.4, -0.2) is 5.90 Å². The fraction of sp³-hybridized carbons (Fsp3) is 0.360. The van der Waals surface area contributed by atoms with E-state index in [1.54, 1.807) is 19.1 Å². The first-order chi connectivity index (χ1) is 15.2. The summed E-state index contributed by atoms with van der Waals surface area (Å²) < 4.78 is 25.9. The van der Waals surface area contributed by atoms with Crippen LogP contribution in [0.4, 0.5) is 4.39 Å². The molecular weight excluding hydrogens is 407 g/mol. The smallest absolute Gasteiger partial charge is 0.244 e.